The summed E-state index contributed by atoms with van der Waals surface area (Å²) >= 11 is 7.76. The second-order valence-corrected chi connectivity index (χ2v) is 8.78. The van der Waals surface area contributed by atoms with E-state index in [2.05, 4.69) is 9.97 Å². The molecule has 2 N–H and O–H groups in total. The number of aryl methyl sites for hydroxylation is 2. The molecule has 0 fully saturated rings. The minimum atomic E-state index is -3.82. The average molecular weight is 374 g/mol. The van der Waals surface area contributed by atoms with E-state index in [4.69, 9.17) is 21.5 Å². The van der Waals surface area contributed by atoms with E-state index >= 15 is 0 Å². The topological polar surface area (TPSA) is 95.2 Å². The van der Waals surface area contributed by atoms with Crippen LogP contribution in [0.2, 0.25) is 5.02 Å². The molecule has 1 atom stereocenters. The zero-order valence-corrected chi connectivity index (χ0v) is 14.8. The van der Waals surface area contributed by atoms with Gasteiger partial charge in [0.05, 0.1) is 23.5 Å². The number of ether oxygens (including phenoxy) is 1. The lowest BCUT2D eigenvalue weighted by Gasteiger charge is -2.21. The molecule has 0 saturated heterocycles. The fraction of sp³-hybridized carbons (Fsp3) is 0.429. The van der Waals surface area contributed by atoms with E-state index in [-0.39, 0.29) is 15.8 Å². The highest BCUT2D eigenvalue weighted by atomic mass is 35.5. The molecule has 0 aromatic carbocycles. The lowest BCUT2D eigenvalue weighted by molar-refractivity contribution is 0.227. The Hall–Kier alpha value is -1.22. The number of rotatable bonds is 4. The molecule has 2 aromatic heterocycles. The Morgan fingerprint density at radius 3 is 3.00 bits per heavy atom. The van der Waals surface area contributed by atoms with Crippen LogP contribution in [0.1, 0.15) is 22.0 Å². The molecule has 1 aliphatic rings. The zero-order chi connectivity index (χ0) is 16.6. The third-order valence-corrected chi connectivity index (χ3v) is 5.90. The number of nitrogens with zero attached hydrogens (tertiary/aromatic N) is 2. The molecule has 0 spiro atoms. The first-order valence-electron chi connectivity index (χ1n) is 7.09. The van der Waals surface area contributed by atoms with Crippen LogP contribution in [0.25, 0.3) is 0 Å². The Bertz CT molecular complexity index is 836. The van der Waals surface area contributed by atoms with Crippen LogP contribution < -0.4 is 9.88 Å². The summed E-state index contributed by atoms with van der Waals surface area (Å²) in [5, 5.41) is 6.28. The number of halogens is 1. The Kier molecular flexibility index (Phi) is 4.59. The summed E-state index contributed by atoms with van der Waals surface area (Å²) in [6.45, 7) is 2.50. The van der Waals surface area contributed by atoms with Gasteiger partial charge in [0, 0.05) is 4.88 Å². The van der Waals surface area contributed by atoms with Crippen molar-refractivity contribution >= 4 is 33.0 Å². The second kappa shape index (κ2) is 6.35. The van der Waals surface area contributed by atoms with Gasteiger partial charge in [0.1, 0.15) is 9.92 Å². The molecule has 0 saturated carbocycles. The summed E-state index contributed by atoms with van der Waals surface area (Å²) in [5.74, 6) is 0.600. The molecule has 6 nitrogen and oxygen atoms in total. The molecular formula is C14H16ClN3O3S2. The summed E-state index contributed by atoms with van der Waals surface area (Å²) in [6.07, 6.45) is 4.05. The van der Waals surface area contributed by atoms with Crippen LogP contribution >= 0.6 is 22.9 Å². The molecule has 23 heavy (non-hydrogen) atoms. The van der Waals surface area contributed by atoms with Gasteiger partial charge in [-0.1, -0.05) is 11.6 Å². The second-order valence-electron chi connectivity index (χ2n) is 5.53. The van der Waals surface area contributed by atoms with E-state index in [1.165, 1.54) is 16.6 Å². The first-order chi connectivity index (χ1) is 10.8. The smallest absolute Gasteiger partial charge is 0.239 e. The van der Waals surface area contributed by atoms with Gasteiger partial charge >= 0.3 is 0 Å². The van der Waals surface area contributed by atoms with Crippen molar-refractivity contribution < 1.29 is 13.2 Å². The molecule has 124 valence electrons. The van der Waals surface area contributed by atoms with Crippen LogP contribution in [-0.4, -0.2) is 25.0 Å². The largest absolute Gasteiger partial charge is 0.476 e. The quantitative estimate of drug-likeness (QED) is 0.887. The first kappa shape index (κ1) is 16.6. The van der Waals surface area contributed by atoms with Gasteiger partial charge in [-0.15, -0.1) is 11.3 Å². The van der Waals surface area contributed by atoms with Crippen LogP contribution in [-0.2, 0) is 22.9 Å². The van der Waals surface area contributed by atoms with Gasteiger partial charge in [-0.25, -0.2) is 23.5 Å². The van der Waals surface area contributed by atoms with E-state index < -0.39 is 10.0 Å². The van der Waals surface area contributed by atoms with Crippen molar-refractivity contribution in [1.29, 1.82) is 0 Å². The molecular weight excluding hydrogens is 358 g/mol. The van der Waals surface area contributed by atoms with Gasteiger partial charge in [0.2, 0.25) is 15.9 Å². The number of sulfonamides is 1. The minimum Gasteiger partial charge on any atom is -0.476 e. The molecule has 0 aliphatic heterocycles. The highest BCUT2D eigenvalue weighted by Gasteiger charge is 2.23. The summed E-state index contributed by atoms with van der Waals surface area (Å²) < 4.78 is 28.2. The normalized spacial score (nSPS) is 17.8. The summed E-state index contributed by atoms with van der Waals surface area (Å²) in [7, 11) is -3.82. The van der Waals surface area contributed by atoms with E-state index in [1.54, 1.807) is 11.3 Å². The number of fused-ring (bicyclic) bond motifs is 1. The number of primary sulfonamides is 1. The number of aromatic nitrogens is 2. The van der Waals surface area contributed by atoms with Gasteiger partial charge in [0.25, 0.3) is 0 Å². The third kappa shape index (κ3) is 3.82. The van der Waals surface area contributed by atoms with Crippen molar-refractivity contribution in [3.05, 3.63) is 32.9 Å². The van der Waals surface area contributed by atoms with Crippen LogP contribution in [0.15, 0.2) is 17.2 Å². The predicted octanol–water partition coefficient (Wildman–Crippen LogP) is 2.33. The molecule has 9 heteroatoms. The van der Waals surface area contributed by atoms with Crippen molar-refractivity contribution in [2.45, 2.75) is 31.1 Å². The van der Waals surface area contributed by atoms with Gasteiger partial charge in [-0.2, -0.15) is 0 Å². The number of thiazole rings is 1. The average Bonchev–Trinajstić information content (AvgIpc) is 2.84. The molecule has 0 radical (unpaired) electrons. The number of nitrogens with two attached hydrogens (primary N) is 1. The fourth-order valence-corrected chi connectivity index (χ4v) is 4.45. The third-order valence-electron chi connectivity index (χ3n) is 3.72. The van der Waals surface area contributed by atoms with Crippen LogP contribution in [0.4, 0.5) is 0 Å². The molecule has 1 unspecified atom stereocenters. The number of hydrogen-bond donors (Lipinski definition) is 1. The number of pyridine rings is 1. The Morgan fingerprint density at radius 2 is 2.30 bits per heavy atom. The molecule has 3 rings (SSSR count). The van der Waals surface area contributed by atoms with Gasteiger partial charge in [-0.3, -0.25) is 0 Å². The van der Waals surface area contributed by atoms with E-state index in [1.807, 2.05) is 6.92 Å². The SMILES string of the molecule is Cc1nc2c(s1)CC(COc1ncc(S(N)(=O)=O)cc1Cl)CC2. The molecule has 2 aromatic rings. The van der Waals surface area contributed by atoms with E-state index in [0.29, 0.717) is 12.5 Å². The van der Waals surface area contributed by atoms with Crippen molar-refractivity contribution in [2.75, 3.05) is 6.61 Å². The van der Waals surface area contributed by atoms with E-state index in [9.17, 15) is 8.42 Å². The molecule has 2 heterocycles. The Balaban J connectivity index is 1.65. The van der Waals surface area contributed by atoms with Crippen LogP contribution in [0, 0.1) is 12.8 Å². The maximum atomic E-state index is 11.3. The van der Waals surface area contributed by atoms with Gasteiger partial charge in [0.15, 0.2) is 0 Å². The zero-order valence-electron chi connectivity index (χ0n) is 12.5. The number of hydrogen-bond acceptors (Lipinski definition) is 6. The minimum absolute atomic E-state index is 0.128. The maximum Gasteiger partial charge on any atom is 0.239 e. The standard InChI is InChI=1S/C14H16ClN3O3S2/c1-8-18-12-3-2-9(4-13(12)22-8)7-21-14-11(15)5-10(6-17-14)23(16,19)20/h5-6,9H,2-4,7H2,1H3,(H2,16,19,20). The summed E-state index contributed by atoms with van der Waals surface area (Å²) in [4.78, 5) is 9.68. The van der Waals surface area contributed by atoms with Crippen LogP contribution in [0.5, 0.6) is 5.88 Å². The molecule has 0 amide bonds. The first-order valence-corrected chi connectivity index (χ1v) is 9.83. The lowest BCUT2D eigenvalue weighted by atomic mass is 9.92. The highest BCUT2D eigenvalue weighted by molar-refractivity contribution is 7.89. The highest BCUT2D eigenvalue weighted by Crippen LogP contribution is 2.31. The van der Waals surface area contributed by atoms with E-state index in [0.717, 1.165) is 30.5 Å². The summed E-state index contributed by atoms with van der Waals surface area (Å²) in [5.41, 5.74) is 1.21. The lowest BCUT2D eigenvalue weighted by Crippen LogP contribution is -2.20. The van der Waals surface area contributed by atoms with Gasteiger partial charge < -0.3 is 4.74 Å². The Labute approximate surface area is 143 Å². The fourth-order valence-electron chi connectivity index (χ4n) is 2.58. The van der Waals surface area contributed by atoms with Crippen molar-refractivity contribution in [3.63, 3.8) is 0 Å². The maximum absolute atomic E-state index is 11.3. The monoisotopic (exact) mass is 373 g/mol. The van der Waals surface area contributed by atoms with Crippen LogP contribution in [0.3, 0.4) is 0 Å². The summed E-state index contributed by atoms with van der Waals surface area (Å²) in [6, 6.07) is 1.25. The van der Waals surface area contributed by atoms with Gasteiger partial charge in [-0.05, 0) is 38.2 Å². The van der Waals surface area contributed by atoms with Crippen molar-refractivity contribution in [3.8, 4) is 5.88 Å². The Morgan fingerprint density at radius 1 is 1.52 bits per heavy atom. The van der Waals surface area contributed by atoms with Crippen molar-refractivity contribution in [2.24, 2.45) is 11.1 Å². The molecule has 1 aliphatic carbocycles. The molecule has 0 bridgehead atoms. The predicted molar refractivity (Wildman–Crippen MR) is 88.5 cm³/mol. The van der Waals surface area contributed by atoms with Crippen molar-refractivity contribution in [1.82, 2.24) is 9.97 Å².